The highest BCUT2D eigenvalue weighted by Gasteiger charge is 2.15. The van der Waals surface area contributed by atoms with Crippen LogP contribution in [-0.2, 0) is 17.9 Å². The molecule has 3 aromatic rings. The first-order chi connectivity index (χ1) is 13.5. The van der Waals surface area contributed by atoms with Crippen LogP contribution in [0.4, 0.5) is 0 Å². The van der Waals surface area contributed by atoms with Crippen LogP contribution in [0.2, 0.25) is 0 Å². The second-order valence-corrected chi connectivity index (χ2v) is 7.30. The zero-order chi connectivity index (χ0) is 20.1. The standard InChI is InChI=1S/C22H26N4O2/c1-15(2)12-23-21(27)14-26-19-11-7-6-10-18(19)25-20(26)13-24-22(28)17-9-5-4-8-16(17)3/h4-11,15H,12-14H2,1-3H3,(H,23,27)(H,24,28). The van der Waals surface area contributed by atoms with Gasteiger partial charge in [-0.25, -0.2) is 4.98 Å². The molecule has 6 nitrogen and oxygen atoms in total. The van der Waals surface area contributed by atoms with Gasteiger partial charge in [0.1, 0.15) is 12.4 Å². The Morgan fingerprint density at radius 1 is 1.04 bits per heavy atom. The van der Waals surface area contributed by atoms with Gasteiger partial charge in [0.15, 0.2) is 0 Å². The molecule has 1 aromatic heterocycles. The summed E-state index contributed by atoms with van der Waals surface area (Å²) in [7, 11) is 0. The highest BCUT2D eigenvalue weighted by atomic mass is 16.2. The van der Waals surface area contributed by atoms with Gasteiger partial charge in [0.05, 0.1) is 17.6 Å². The molecule has 2 aromatic carbocycles. The minimum atomic E-state index is -0.152. The SMILES string of the molecule is Cc1ccccc1C(=O)NCc1nc2ccccc2n1CC(=O)NCC(C)C. The number of amides is 2. The molecular weight excluding hydrogens is 352 g/mol. The van der Waals surface area contributed by atoms with E-state index in [4.69, 9.17) is 0 Å². The molecule has 0 unspecified atom stereocenters. The first-order valence-corrected chi connectivity index (χ1v) is 9.50. The molecule has 0 aliphatic rings. The summed E-state index contributed by atoms with van der Waals surface area (Å²) in [5.74, 6) is 0.823. The summed E-state index contributed by atoms with van der Waals surface area (Å²) in [6.45, 7) is 7.06. The van der Waals surface area contributed by atoms with E-state index in [1.807, 2.05) is 54.0 Å². The minimum absolute atomic E-state index is 0.0664. The van der Waals surface area contributed by atoms with E-state index in [2.05, 4.69) is 29.5 Å². The number of carbonyl (C=O) groups is 2. The second kappa shape index (κ2) is 8.69. The van der Waals surface area contributed by atoms with Crippen molar-refractivity contribution >= 4 is 22.8 Å². The molecule has 0 bridgehead atoms. The number of imidazole rings is 1. The minimum Gasteiger partial charge on any atom is -0.354 e. The van der Waals surface area contributed by atoms with Crippen LogP contribution >= 0.6 is 0 Å². The highest BCUT2D eigenvalue weighted by molar-refractivity contribution is 5.95. The molecule has 0 radical (unpaired) electrons. The summed E-state index contributed by atoms with van der Waals surface area (Å²) < 4.78 is 1.86. The lowest BCUT2D eigenvalue weighted by molar-refractivity contribution is -0.121. The Kier molecular flexibility index (Phi) is 6.09. The molecule has 6 heteroatoms. The van der Waals surface area contributed by atoms with Crippen LogP contribution in [0.25, 0.3) is 11.0 Å². The molecule has 0 aliphatic carbocycles. The number of nitrogens with zero attached hydrogens (tertiary/aromatic N) is 2. The molecule has 2 amide bonds. The van der Waals surface area contributed by atoms with Crippen LogP contribution in [0.1, 0.15) is 35.6 Å². The maximum Gasteiger partial charge on any atom is 0.251 e. The van der Waals surface area contributed by atoms with Gasteiger partial charge in [-0.2, -0.15) is 0 Å². The first kappa shape index (κ1) is 19.6. The Morgan fingerprint density at radius 3 is 2.50 bits per heavy atom. The Labute approximate surface area is 165 Å². The predicted octanol–water partition coefficient (Wildman–Crippen LogP) is 3.05. The van der Waals surface area contributed by atoms with Crippen molar-refractivity contribution in [1.29, 1.82) is 0 Å². The lowest BCUT2D eigenvalue weighted by Gasteiger charge is -2.12. The lowest BCUT2D eigenvalue weighted by Crippen LogP contribution is -2.32. The van der Waals surface area contributed by atoms with E-state index in [0.29, 0.717) is 23.9 Å². The maximum absolute atomic E-state index is 12.5. The van der Waals surface area contributed by atoms with E-state index in [0.717, 1.165) is 16.6 Å². The van der Waals surface area contributed by atoms with Gasteiger partial charge >= 0.3 is 0 Å². The third-order valence-corrected chi connectivity index (χ3v) is 4.54. The van der Waals surface area contributed by atoms with Crippen LogP contribution in [0.5, 0.6) is 0 Å². The van der Waals surface area contributed by atoms with Gasteiger partial charge in [0, 0.05) is 12.1 Å². The van der Waals surface area contributed by atoms with Crippen LogP contribution < -0.4 is 10.6 Å². The second-order valence-electron chi connectivity index (χ2n) is 7.30. The van der Waals surface area contributed by atoms with Crippen molar-refractivity contribution in [1.82, 2.24) is 20.2 Å². The Balaban J connectivity index is 1.79. The number of aromatic nitrogens is 2. The summed E-state index contributed by atoms with van der Waals surface area (Å²) in [6.07, 6.45) is 0. The molecule has 0 spiro atoms. The number of hydrogen-bond acceptors (Lipinski definition) is 3. The number of carbonyl (C=O) groups excluding carboxylic acids is 2. The smallest absolute Gasteiger partial charge is 0.251 e. The van der Waals surface area contributed by atoms with Gasteiger partial charge in [-0.05, 0) is 36.6 Å². The number of hydrogen-bond donors (Lipinski definition) is 2. The van der Waals surface area contributed by atoms with Gasteiger partial charge in [-0.1, -0.05) is 44.2 Å². The number of rotatable bonds is 7. The van der Waals surface area contributed by atoms with E-state index < -0.39 is 0 Å². The van der Waals surface area contributed by atoms with Gasteiger partial charge in [0.2, 0.25) is 5.91 Å². The van der Waals surface area contributed by atoms with Crippen molar-refractivity contribution in [2.45, 2.75) is 33.9 Å². The largest absolute Gasteiger partial charge is 0.354 e. The summed E-state index contributed by atoms with van der Waals surface area (Å²) in [5, 5.41) is 5.86. The number of benzene rings is 2. The lowest BCUT2D eigenvalue weighted by atomic mass is 10.1. The van der Waals surface area contributed by atoms with E-state index in [9.17, 15) is 9.59 Å². The predicted molar refractivity (Wildman–Crippen MR) is 110 cm³/mol. The topological polar surface area (TPSA) is 76.0 Å². The van der Waals surface area contributed by atoms with Crippen molar-refractivity contribution in [2.75, 3.05) is 6.54 Å². The van der Waals surface area contributed by atoms with E-state index in [-0.39, 0.29) is 24.9 Å². The first-order valence-electron chi connectivity index (χ1n) is 9.50. The van der Waals surface area contributed by atoms with Crippen molar-refractivity contribution in [2.24, 2.45) is 5.92 Å². The van der Waals surface area contributed by atoms with Gasteiger partial charge in [0.25, 0.3) is 5.91 Å². The zero-order valence-corrected chi connectivity index (χ0v) is 16.5. The van der Waals surface area contributed by atoms with Gasteiger partial charge < -0.3 is 15.2 Å². The highest BCUT2D eigenvalue weighted by Crippen LogP contribution is 2.16. The van der Waals surface area contributed by atoms with Crippen molar-refractivity contribution in [3.05, 3.63) is 65.5 Å². The quantitative estimate of drug-likeness (QED) is 0.663. The third kappa shape index (κ3) is 4.57. The summed E-state index contributed by atoms with van der Waals surface area (Å²) in [6, 6.07) is 15.1. The fourth-order valence-electron chi connectivity index (χ4n) is 3.04. The monoisotopic (exact) mass is 378 g/mol. The molecule has 2 N–H and O–H groups in total. The Bertz CT molecular complexity index is 991. The normalized spacial score (nSPS) is 11.0. The number of para-hydroxylation sites is 2. The summed E-state index contributed by atoms with van der Waals surface area (Å²) >= 11 is 0. The van der Waals surface area contributed by atoms with Crippen LogP contribution in [0, 0.1) is 12.8 Å². The average molecular weight is 378 g/mol. The summed E-state index contributed by atoms with van der Waals surface area (Å²) in [4.78, 5) is 29.5. The summed E-state index contributed by atoms with van der Waals surface area (Å²) in [5.41, 5.74) is 3.24. The number of fused-ring (bicyclic) bond motifs is 1. The van der Waals surface area contributed by atoms with Crippen molar-refractivity contribution < 1.29 is 9.59 Å². The van der Waals surface area contributed by atoms with Crippen molar-refractivity contribution in [3.63, 3.8) is 0 Å². The fraction of sp³-hybridized carbons (Fsp3) is 0.318. The van der Waals surface area contributed by atoms with E-state index in [1.165, 1.54) is 0 Å². The molecule has 28 heavy (non-hydrogen) atoms. The molecule has 0 fully saturated rings. The fourth-order valence-corrected chi connectivity index (χ4v) is 3.04. The van der Waals surface area contributed by atoms with Crippen molar-refractivity contribution in [3.8, 4) is 0 Å². The average Bonchev–Trinajstić information content (AvgIpc) is 3.02. The molecule has 0 atom stereocenters. The maximum atomic E-state index is 12.5. The molecule has 146 valence electrons. The Hall–Kier alpha value is -3.15. The van der Waals surface area contributed by atoms with Gasteiger partial charge in [-0.15, -0.1) is 0 Å². The van der Waals surface area contributed by atoms with Crippen LogP contribution in [-0.4, -0.2) is 27.9 Å². The van der Waals surface area contributed by atoms with E-state index in [1.54, 1.807) is 6.07 Å². The van der Waals surface area contributed by atoms with Gasteiger partial charge in [-0.3, -0.25) is 9.59 Å². The molecule has 1 heterocycles. The van der Waals surface area contributed by atoms with Crippen LogP contribution in [0.15, 0.2) is 48.5 Å². The molecular formula is C22H26N4O2. The van der Waals surface area contributed by atoms with E-state index >= 15 is 0 Å². The molecule has 3 rings (SSSR count). The number of aryl methyl sites for hydroxylation is 1. The third-order valence-electron chi connectivity index (χ3n) is 4.54. The Morgan fingerprint density at radius 2 is 1.75 bits per heavy atom. The molecule has 0 saturated heterocycles. The zero-order valence-electron chi connectivity index (χ0n) is 16.5. The number of nitrogens with one attached hydrogen (secondary N) is 2. The van der Waals surface area contributed by atoms with Crippen LogP contribution in [0.3, 0.4) is 0 Å². The molecule has 0 saturated carbocycles. The molecule has 0 aliphatic heterocycles.